The first kappa shape index (κ1) is 24.0. The summed E-state index contributed by atoms with van der Waals surface area (Å²) >= 11 is 0. The molecule has 0 radical (unpaired) electrons. The van der Waals surface area contributed by atoms with Crippen molar-refractivity contribution < 1.29 is 23.9 Å². The third-order valence-electron chi connectivity index (χ3n) is 5.02. The number of hydrogen-bond donors (Lipinski definition) is 3. The van der Waals surface area contributed by atoms with Crippen LogP contribution in [0.15, 0.2) is 18.2 Å². The lowest BCUT2D eigenvalue weighted by atomic mass is 10.1. The maximum Gasteiger partial charge on any atom is 0.343 e. The SMILES string of the molecule is CC(NNCCCCCN(CC=O)C(=O)N(C)O)c1ccc(F)c(OCC2CC2)c1. The Balaban J connectivity index is 1.63. The third-order valence-corrected chi connectivity index (χ3v) is 5.02. The van der Waals surface area contributed by atoms with Crippen LogP contribution in [0.25, 0.3) is 0 Å². The summed E-state index contributed by atoms with van der Waals surface area (Å²) in [5.74, 6) is 0.531. The monoisotopic (exact) mass is 424 g/mol. The van der Waals surface area contributed by atoms with Crippen molar-refractivity contribution in [3.8, 4) is 5.75 Å². The molecule has 1 fully saturated rings. The molecule has 1 aromatic rings. The van der Waals surface area contributed by atoms with E-state index < -0.39 is 6.03 Å². The zero-order valence-corrected chi connectivity index (χ0v) is 17.8. The number of carbonyl (C=O) groups is 2. The van der Waals surface area contributed by atoms with Crippen molar-refractivity contribution in [2.45, 2.75) is 45.1 Å². The Morgan fingerprint density at radius 3 is 2.80 bits per heavy atom. The van der Waals surface area contributed by atoms with Gasteiger partial charge in [0.05, 0.1) is 13.2 Å². The lowest BCUT2D eigenvalue weighted by molar-refractivity contribution is -0.109. The summed E-state index contributed by atoms with van der Waals surface area (Å²) in [5.41, 5.74) is 7.30. The van der Waals surface area contributed by atoms with Gasteiger partial charge in [0.2, 0.25) is 0 Å². The van der Waals surface area contributed by atoms with Gasteiger partial charge in [0.15, 0.2) is 11.6 Å². The number of halogens is 1. The van der Waals surface area contributed by atoms with Gasteiger partial charge in [0, 0.05) is 26.2 Å². The molecule has 3 N–H and O–H groups in total. The molecule has 1 saturated carbocycles. The highest BCUT2D eigenvalue weighted by molar-refractivity contribution is 5.75. The van der Waals surface area contributed by atoms with Crippen molar-refractivity contribution in [1.29, 1.82) is 0 Å². The van der Waals surface area contributed by atoms with E-state index in [2.05, 4.69) is 10.9 Å². The van der Waals surface area contributed by atoms with Crippen LogP contribution >= 0.6 is 0 Å². The smallest absolute Gasteiger partial charge is 0.343 e. The first-order valence-electron chi connectivity index (χ1n) is 10.5. The topological polar surface area (TPSA) is 94.1 Å². The van der Waals surface area contributed by atoms with Gasteiger partial charge in [0.25, 0.3) is 0 Å². The highest BCUT2D eigenvalue weighted by atomic mass is 19.1. The van der Waals surface area contributed by atoms with Crippen LogP contribution < -0.4 is 15.6 Å². The van der Waals surface area contributed by atoms with Gasteiger partial charge >= 0.3 is 6.03 Å². The van der Waals surface area contributed by atoms with Crippen molar-refractivity contribution in [2.24, 2.45) is 5.92 Å². The molecule has 30 heavy (non-hydrogen) atoms. The Bertz CT molecular complexity index is 685. The minimum atomic E-state index is -0.588. The number of ether oxygens (including phenoxy) is 1. The van der Waals surface area contributed by atoms with Crippen LogP contribution in [0.1, 0.15) is 50.6 Å². The Morgan fingerprint density at radius 1 is 1.37 bits per heavy atom. The molecule has 0 saturated heterocycles. The van der Waals surface area contributed by atoms with Crippen LogP contribution in [0, 0.1) is 11.7 Å². The molecule has 1 aromatic carbocycles. The van der Waals surface area contributed by atoms with Crippen LogP contribution in [0.3, 0.4) is 0 Å². The fourth-order valence-corrected chi connectivity index (χ4v) is 2.95. The van der Waals surface area contributed by atoms with E-state index >= 15 is 0 Å². The highest BCUT2D eigenvalue weighted by Crippen LogP contribution is 2.31. The Kier molecular flexibility index (Phi) is 9.99. The molecular formula is C21H33FN4O4. The summed E-state index contributed by atoms with van der Waals surface area (Å²) in [5, 5.41) is 9.69. The van der Waals surface area contributed by atoms with Crippen LogP contribution in [-0.4, -0.2) is 60.8 Å². The number of carbonyl (C=O) groups excluding carboxylic acids is 2. The standard InChI is InChI=1S/C21H33FN4O4/c1-16(18-8-9-19(22)20(14-18)30-15-17-6-7-17)24-23-10-4-3-5-11-26(12-13-27)21(28)25(2)29/h8-9,13-14,16-17,23-24,29H,3-7,10-12,15H2,1-2H3. The van der Waals surface area contributed by atoms with Gasteiger partial charge in [-0.15, -0.1) is 0 Å². The molecule has 0 aromatic heterocycles. The van der Waals surface area contributed by atoms with Gasteiger partial charge in [-0.25, -0.2) is 14.2 Å². The van der Waals surface area contributed by atoms with Crippen LogP contribution in [0.2, 0.25) is 0 Å². The van der Waals surface area contributed by atoms with Crippen molar-refractivity contribution in [3.63, 3.8) is 0 Å². The van der Waals surface area contributed by atoms with Crippen LogP contribution in [-0.2, 0) is 4.79 Å². The fraction of sp³-hybridized carbons (Fsp3) is 0.619. The van der Waals surface area contributed by atoms with Gasteiger partial charge < -0.3 is 14.4 Å². The van der Waals surface area contributed by atoms with Gasteiger partial charge in [0.1, 0.15) is 6.29 Å². The van der Waals surface area contributed by atoms with Crippen molar-refractivity contribution in [1.82, 2.24) is 20.8 Å². The Hall–Kier alpha value is -2.23. The largest absolute Gasteiger partial charge is 0.490 e. The molecule has 1 aliphatic rings. The number of hydroxylamine groups is 2. The van der Waals surface area contributed by atoms with Crippen LogP contribution in [0.5, 0.6) is 5.75 Å². The average molecular weight is 425 g/mol. The fourth-order valence-electron chi connectivity index (χ4n) is 2.95. The number of urea groups is 1. The minimum absolute atomic E-state index is 0.0188. The summed E-state index contributed by atoms with van der Waals surface area (Å²) in [6.07, 6.45) is 5.42. The summed E-state index contributed by atoms with van der Waals surface area (Å²) in [6.45, 7) is 3.65. The summed E-state index contributed by atoms with van der Waals surface area (Å²) in [6, 6.07) is 4.32. The molecule has 2 rings (SSSR count). The maximum atomic E-state index is 13.9. The molecule has 2 amide bonds. The van der Waals surface area contributed by atoms with E-state index in [4.69, 9.17) is 4.74 Å². The Morgan fingerprint density at radius 2 is 2.13 bits per heavy atom. The second kappa shape index (κ2) is 12.5. The predicted molar refractivity (Wildman–Crippen MR) is 111 cm³/mol. The first-order valence-corrected chi connectivity index (χ1v) is 10.5. The van der Waals surface area contributed by atoms with E-state index in [1.807, 2.05) is 6.92 Å². The number of rotatable bonds is 14. The molecule has 1 unspecified atom stereocenters. The predicted octanol–water partition coefficient (Wildman–Crippen LogP) is 2.88. The number of amides is 2. The van der Waals surface area contributed by atoms with Crippen molar-refractivity contribution >= 4 is 12.3 Å². The maximum absolute atomic E-state index is 13.9. The molecule has 8 nitrogen and oxygen atoms in total. The molecule has 0 spiro atoms. The van der Waals surface area contributed by atoms with E-state index in [-0.39, 0.29) is 18.4 Å². The second-order valence-electron chi connectivity index (χ2n) is 7.72. The molecule has 168 valence electrons. The van der Waals surface area contributed by atoms with E-state index in [1.54, 1.807) is 12.1 Å². The van der Waals surface area contributed by atoms with E-state index in [9.17, 15) is 19.2 Å². The van der Waals surface area contributed by atoms with Gasteiger partial charge in [-0.3, -0.25) is 16.1 Å². The number of benzene rings is 1. The van der Waals surface area contributed by atoms with Gasteiger partial charge in [-0.1, -0.05) is 12.5 Å². The molecule has 0 heterocycles. The average Bonchev–Trinajstić information content (AvgIpc) is 3.55. The van der Waals surface area contributed by atoms with E-state index in [0.29, 0.717) is 36.2 Å². The molecule has 0 aliphatic heterocycles. The third kappa shape index (κ3) is 8.25. The summed E-state index contributed by atoms with van der Waals surface area (Å²) < 4.78 is 19.5. The normalized spacial score (nSPS) is 14.3. The lowest BCUT2D eigenvalue weighted by Crippen LogP contribution is -2.41. The highest BCUT2D eigenvalue weighted by Gasteiger charge is 2.22. The summed E-state index contributed by atoms with van der Waals surface area (Å²) in [7, 11) is 1.24. The zero-order chi connectivity index (χ0) is 21.9. The number of unbranched alkanes of at least 4 members (excludes halogenated alkanes) is 2. The summed E-state index contributed by atoms with van der Waals surface area (Å²) in [4.78, 5) is 23.7. The molecule has 1 atom stereocenters. The van der Waals surface area contributed by atoms with Crippen LogP contribution in [0.4, 0.5) is 9.18 Å². The van der Waals surface area contributed by atoms with Gasteiger partial charge in [-0.05, 0) is 56.2 Å². The molecule has 1 aliphatic carbocycles. The first-order chi connectivity index (χ1) is 14.4. The van der Waals surface area contributed by atoms with E-state index in [0.717, 1.165) is 44.2 Å². The quantitative estimate of drug-likeness (QED) is 0.184. The zero-order valence-electron chi connectivity index (χ0n) is 17.8. The number of hydrogen-bond acceptors (Lipinski definition) is 6. The van der Waals surface area contributed by atoms with Crippen molar-refractivity contribution in [3.05, 3.63) is 29.6 Å². The number of hydrazine groups is 1. The van der Waals surface area contributed by atoms with Gasteiger partial charge in [-0.2, -0.15) is 0 Å². The van der Waals surface area contributed by atoms with Crippen molar-refractivity contribution in [2.75, 3.05) is 33.3 Å². The molecule has 9 heteroatoms. The van der Waals surface area contributed by atoms with E-state index in [1.165, 1.54) is 18.0 Å². The lowest BCUT2D eigenvalue weighted by Gasteiger charge is -2.22. The number of nitrogens with zero attached hydrogens (tertiary/aromatic N) is 2. The molecule has 0 bridgehead atoms. The Labute approximate surface area is 177 Å². The second-order valence-corrected chi connectivity index (χ2v) is 7.72. The number of aldehydes is 1. The minimum Gasteiger partial charge on any atom is -0.490 e. The number of nitrogens with one attached hydrogen (secondary N) is 2. The molecular weight excluding hydrogens is 391 g/mol.